The Hall–Kier alpha value is -2.31. The molecule has 0 aliphatic heterocycles. The van der Waals surface area contributed by atoms with Crippen LogP contribution < -0.4 is 15.8 Å². The van der Waals surface area contributed by atoms with Gasteiger partial charge in [0, 0.05) is 13.1 Å². The maximum atomic E-state index is 12.0. The van der Waals surface area contributed by atoms with E-state index in [9.17, 15) is 4.79 Å². The van der Waals surface area contributed by atoms with Gasteiger partial charge >= 0.3 is 0 Å². The molecule has 1 amide bonds. The van der Waals surface area contributed by atoms with Crippen LogP contribution in [0.4, 0.5) is 0 Å². The number of ether oxygens (including phenoxy) is 1. The fraction of sp³-hybridized carbons (Fsp3) is 0.389. The summed E-state index contributed by atoms with van der Waals surface area (Å²) < 4.78 is 10.8. The molecule has 3 N–H and O–H groups in total. The number of hydrogen-bond acceptors (Lipinski definition) is 5. The van der Waals surface area contributed by atoms with Crippen molar-refractivity contribution >= 4 is 5.91 Å². The predicted molar refractivity (Wildman–Crippen MR) is 92.9 cm³/mol. The quantitative estimate of drug-likeness (QED) is 0.687. The molecule has 0 aliphatic carbocycles. The van der Waals surface area contributed by atoms with Crippen molar-refractivity contribution in [1.29, 1.82) is 0 Å². The van der Waals surface area contributed by atoms with Crippen molar-refractivity contribution in [2.75, 3.05) is 27.2 Å². The summed E-state index contributed by atoms with van der Waals surface area (Å²) in [6.45, 7) is 2.42. The topological polar surface area (TPSA) is 80.7 Å². The fourth-order valence-electron chi connectivity index (χ4n) is 2.17. The molecular weight excluding hydrogens is 306 g/mol. The van der Waals surface area contributed by atoms with Crippen LogP contribution in [0.2, 0.25) is 0 Å². The minimum atomic E-state index is -0.178. The van der Waals surface area contributed by atoms with Gasteiger partial charge in [-0.05, 0) is 44.3 Å². The molecule has 0 aliphatic rings. The Bertz CT molecular complexity index is 635. The molecular formula is C18H25N3O3. The van der Waals surface area contributed by atoms with Gasteiger partial charge in [0.25, 0.3) is 5.91 Å². The number of nitrogens with one attached hydrogen (secondary N) is 1. The number of carbonyl (C=O) groups is 1. The Labute approximate surface area is 142 Å². The van der Waals surface area contributed by atoms with Gasteiger partial charge in [-0.1, -0.05) is 12.1 Å². The highest BCUT2D eigenvalue weighted by molar-refractivity contribution is 5.93. The number of nitrogens with zero attached hydrogens (tertiary/aromatic N) is 1. The Balaban J connectivity index is 1.76. The lowest BCUT2D eigenvalue weighted by Crippen LogP contribution is -2.22. The second-order valence-corrected chi connectivity index (χ2v) is 5.84. The van der Waals surface area contributed by atoms with E-state index >= 15 is 0 Å². The first-order valence-corrected chi connectivity index (χ1v) is 8.00. The number of benzene rings is 1. The smallest absolute Gasteiger partial charge is 0.254 e. The summed E-state index contributed by atoms with van der Waals surface area (Å²) in [5.41, 5.74) is 6.95. The minimum absolute atomic E-state index is 0.178. The van der Waals surface area contributed by atoms with Crippen LogP contribution in [0.15, 0.2) is 41.0 Å². The van der Waals surface area contributed by atoms with E-state index in [1.54, 1.807) is 6.07 Å². The molecule has 1 heterocycles. The van der Waals surface area contributed by atoms with Crippen LogP contribution in [0, 0.1) is 0 Å². The summed E-state index contributed by atoms with van der Waals surface area (Å²) >= 11 is 0. The first-order chi connectivity index (χ1) is 11.6. The Morgan fingerprint density at radius 2 is 2.04 bits per heavy atom. The summed E-state index contributed by atoms with van der Waals surface area (Å²) in [5, 5.41) is 2.85. The molecule has 0 atom stereocenters. The number of hydrogen-bond donors (Lipinski definition) is 2. The Morgan fingerprint density at radius 1 is 1.29 bits per heavy atom. The molecule has 24 heavy (non-hydrogen) atoms. The van der Waals surface area contributed by atoms with Gasteiger partial charge in [-0.3, -0.25) is 4.79 Å². The van der Waals surface area contributed by atoms with Gasteiger partial charge in [0.05, 0.1) is 18.7 Å². The lowest BCUT2D eigenvalue weighted by Gasteiger charge is -2.11. The predicted octanol–water partition coefficient (Wildman–Crippen LogP) is 2.00. The maximum absolute atomic E-state index is 12.0. The molecule has 0 unspecified atom stereocenters. The molecule has 0 saturated heterocycles. The van der Waals surface area contributed by atoms with E-state index in [-0.39, 0.29) is 12.5 Å². The SMILES string of the molecule is CN(C)CCCOc1ccc(CNC(=O)c2coc(CN)c2)cc1. The second kappa shape index (κ2) is 9.10. The van der Waals surface area contributed by atoms with Crippen LogP contribution in [0.25, 0.3) is 0 Å². The molecule has 0 bridgehead atoms. The van der Waals surface area contributed by atoms with E-state index in [0.29, 0.717) is 24.5 Å². The van der Waals surface area contributed by atoms with Gasteiger partial charge in [-0.2, -0.15) is 0 Å². The minimum Gasteiger partial charge on any atom is -0.494 e. The average molecular weight is 331 g/mol. The molecule has 1 aromatic heterocycles. The highest BCUT2D eigenvalue weighted by atomic mass is 16.5. The van der Waals surface area contributed by atoms with Crippen LogP contribution in [-0.4, -0.2) is 38.1 Å². The van der Waals surface area contributed by atoms with Crippen LogP contribution in [0.3, 0.4) is 0 Å². The molecule has 2 rings (SSSR count). The third-order valence-electron chi connectivity index (χ3n) is 3.51. The molecule has 0 saturated carbocycles. The molecule has 0 radical (unpaired) electrons. The summed E-state index contributed by atoms with van der Waals surface area (Å²) in [5.74, 6) is 1.25. The van der Waals surface area contributed by atoms with E-state index in [2.05, 4.69) is 10.2 Å². The van der Waals surface area contributed by atoms with E-state index in [0.717, 1.165) is 24.3 Å². The second-order valence-electron chi connectivity index (χ2n) is 5.84. The lowest BCUT2D eigenvalue weighted by atomic mass is 10.2. The lowest BCUT2D eigenvalue weighted by molar-refractivity contribution is 0.0950. The zero-order valence-corrected chi connectivity index (χ0v) is 14.2. The normalized spacial score (nSPS) is 10.8. The number of furan rings is 1. The number of nitrogens with two attached hydrogens (primary N) is 1. The maximum Gasteiger partial charge on any atom is 0.254 e. The third-order valence-corrected chi connectivity index (χ3v) is 3.51. The van der Waals surface area contributed by atoms with E-state index in [1.165, 1.54) is 6.26 Å². The number of carbonyl (C=O) groups excluding carboxylic acids is 1. The molecule has 6 nitrogen and oxygen atoms in total. The van der Waals surface area contributed by atoms with Gasteiger partial charge in [0.2, 0.25) is 0 Å². The molecule has 2 aromatic rings. The standard InChI is InChI=1S/C18H25N3O3/c1-21(2)8-3-9-23-16-6-4-14(5-7-16)12-20-18(22)15-10-17(11-19)24-13-15/h4-7,10,13H,3,8-9,11-12,19H2,1-2H3,(H,20,22). The van der Waals surface area contributed by atoms with Crippen LogP contribution in [-0.2, 0) is 13.1 Å². The van der Waals surface area contributed by atoms with Crippen LogP contribution >= 0.6 is 0 Å². The summed E-state index contributed by atoms with van der Waals surface area (Å²) in [7, 11) is 4.09. The van der Waals surface area contributed by atoms with Crippen molar-refractivity contribution in [1.82, 2.24) is 10.2 Å². The summed E-state index contributed by atoms with van der Waals surface area (Å²) in [4.78, 5) is 14.1. The van der Waals surface area contributed by atoms with E-state index in [4.69, 9.17) is 14.9 Å². The molecule has 0 fully saturated rings. The van der Waals surface area contributed by atoms with Gasteiger partial charge in [0.15, 0.2) is 0 Å². The highest BCUT2D eigenvalue weighted by Gasteiger charge is 2.09. The van der Waals surface area contributed by atoms with E-state index < -0.39 is 0 Å². The third kappa shape index (κ3) is 5.72. The Kier molecular flexibility index (Phi) is 6.84. The fourth-order valence-corrected chi connectivity index (χ4v) is 2.17. The average Bonchev–Trinajstić information content (AvgIpc) is 3.07. The number of rotatable bonds is 9. The van der Waals surface area contributed by atoms with Crippen molar-refractivity contribution in [3.63, 3.8) is 0 Å². The monoisotopic (exact) mass is 331 g/mol. The highest BCUT2D eigenvalue weighted by Crippen LogP contribution is 2.13. The molecule has 0 spiro atoms. The van der Waals surface area contributed by atoms with Crippen molar-refractivity contribution in [3.05, 3.63) is 53.5 Å². The zero-order chi connectivity index (χ0) is 17.4. The van der Waals surface area contributed by atoms with Crippen molar-refractivity contribution in [2.24, 2.45) is 5.73 Å². The number of amides is 1. The summed E-state index contributed by atoms with van der Waals surface area (Å²) in [6, 6.07) is 9.38. The van der Waals surface area contributed by atoms with Crippen molar-refractivity contribution in [3.8, 4) is 5.75 Å². The van der Waals surface area contributed by atoms with Gasteiger partial charge in [-0.25, -0.2) is 0 Å². The van der Waals surface area contributed by atoms with Crippen LogP contribution in [0.5, 0.6) is 5.75 Å². The summed E-state index contributed by atoms with van der Waals surface area (Å²) in [6.07, 6.45) is 2.41. The molecule has 6 heteroatoms. The first-order valence-electron chi connectivity index (χ1n) is 8.00. The Morgan fingerprint density at radius 3 is 2.67 bits per heavy atom. The van der Waals surface area contributed by atoms with Crippen LogP contribution in [0.1, 0.15) is 28.1 Å². The van der Waals surface area contributed by atoms with Gasteiger partial charge in [0.1, 0.15) is 17.8 Å². The van der Waals surface area contributed by atoms with Gasteiger partial charge in [-0.15, -0.1) is 0 Å². The van der Waals surface area contributed by atoms with E-state index in [1.807, 2.05) is 38.4 Å². The first kappa shape index (κ1) is 18.0. The van der Waals surface area contributed by atoms with Crippen molar-refractivity contribution < 1.29 is 13.9 Å². The zero-order valence-electron chi connectivity index (χ0n) is 14.2. The van der Waals surface area contributed by atoms with Gasteiger partial charge < -0.3 is 25.1 Å². The largest absolute Gasteiger partial charge is 0.494 e. The molecule has 130 valence electrons. The van der Waals surface area contributed by atoms with Crippen molar-refractivity contribution in [2.45, 2.75) is 19.5 Å². The molecule has 1 aromatic carbocycles.